The van der Waals surface area contributed by atoms with E-state index < -0.39 is 38.6 Å². The molecule has 4 atom stereocenters. The Labute approximate surface area is 293 Å². The van der Waals surface area contributed by atoms with E-state index in [1.165, 1.54) is 57.8 Å². The fourth-order valence-electron chi connectivity index (χ4n) is 5.02. The third kappa shape index (κ3) is 31.7. The second-order valence-electron chi connectivity index (χ2n) is 12.6. The van der Waals surface area contributed by atoms with Crippen LogP contribution in [0.5, 0.6) is 0 Å². The van der Waals surface area contributed by atoms with Crippen LogP contribution in [0.4, 0.5) is 0 Å². The second-order valence-corrected chi connectivity index (χ2v) is 14.0. The number of rotatable bonds is 34. The van der Waals surface area contributed by atoms with Crippen LogP contribution in [0.3, 0.4) is 0 Å². The normalized spacial score (nSPS) is 15.5. The SMILES string of the molecule is CCCCC/C=C/CC/C=C/CC/C=C/C(O)C(COP(=O)(O)OCCN)NC(=O)CC(O)CCCCCCC/C=C\CCCCCC. The molecule has 0 radical (unpaired) electrons. The highest BCUT2D eigenvalue weighted by molar-refractivity contribution is 7.47. The van der Waals surface area contributed by atoms with Crippen molar-refractivity contribution in [2.45, 2.75) is 167 Å². The van der Waals surface area contributed by atoms with E-state index in [1.54, 1.807) is 6.08 Å². The lowest BCUT2D eigenvalue weighted by molar-refractivity contribution is -0.124. The summed E-state index contributed by atoms with van der Waals surface area (Å²) in [5.74, 6) is -0.469. The molecule has 6 N–H and O–H groups in total. The number of phosphoric ester groups is 1. The standard InChI is InChI=1S/C38H71N2O7P/c1-3-5-7-9-11-13-15-17-19-21-23-25-27-29-35(41)33-38(43)40-36(34-47-48(44,45)46-32-31-39)37(42)30-28-26-24-22-20-18-16-14-12-10-8-6-4-2/h12-15,20,22,28,30,35-37,41-42H,3-11,16-19,21,23-27,29,31-34,39H2,1-2H3,(H,40,43)(H,44,45)/b14-12+,15-13-,22-20+,30-28+. The fourth-order valence-corrected chi connectivity index (χ4v) is 5.78. The molecule has 48 heavy (non-hydrogen) atoms. The molecule has 1 amide bonds. The van der Waals surface area contributed by atoms with Gasteiger partial charge in [-0.25, -0.2) is 4.57 Å². The van der Waals surface area contributed by atoms with E-state index in [4.69, 9.17) is 14.8 Å². The average molecular weight is 699 g/mol. The molecule has 0 bridgehead atoms. The molecule has 4 unspecified atom stereocenters. The van der Waals surface area contributed by atoms with Gasteiger partial charge in [-0.15, -0.1) is 0 Å². The molecule has 0 aliphatic carbocycles. The highest BCUT2D eigenvalue weighted by Gasteiger charge is 2.27. The smallest absolute Gasteiger partial charge is 0.393 e. The van der Waals surface area contributed by atoms with E-state index in [0.717, 1.165) is 57.8 Å². The molecule has 10 heteroatoms. The van der Waals surface area contributed by atoms with Gasteiger partial charge in [0.15, 0.2) is 0 Å². The van der Waals surface area contributed by atoms with Gasteiger partial charge in [-0.1, -0.05) is 120 Å². The van der Waals surface area contributed by atoms with Crippen LogP contribution in [-0.2, 0) is 18.4 Å². The van der Waals surface area contributed by atoms with E-state index in [1.807, 2.05) is 6.08 Å². The minimum atomic E-state index is -4.41. The number of nitrogens with one attached hydrogen (secondary N) is 1. The summed E-state index contributed by atoms with van der Waals surface area (Å²) in [4.78, 5) is 22.6. The van der Waals surface area contributed by atoms with Crippen LogP contribution >= 0.6 is 7.82 Å². The van der Waals surface area contributed by atoms with Crippen molar-refractivity contribution in [3.8, 4) is 0 Å². The minimum absolute atomic E-state index is 0.0398. The first-order valence-corrected chi connectivity index (χ1v) is 20.3. The number of nitrogens with two attached hydrogens (primary N) is 1. The first-order chi connectivity index (χ1) is 23.3. The third-order valence-corrected chi connectivity index (χ3v) is 8.89. The summed E-state index contributed by atoms with van der Waals surface area (Å²) in [6.07, 6.45) is 36.2. The predicted octanol–water partition coefficient (Wildman–Crippen LogP) is 8.74. The van der Waals surface area contributed by atoms with Crippen LogP contribution in [0.1, 0.15) is 149 Å². The van der Waals surface area contributed by atoms with Crippen molar-refractivity contribution < 1.29 is 33.5 Å². The van der Waals surface area contributed by atoms with Gasteiger partial charge in [-0.05, 0) is 70.6 Å². The zero-order valence-electron chi connectivity index (χ0n) is 30.3. The lowest BCUT2D eigenvalue weighted by Gasteiger charge is -2.24. The average Bonchev–Trinajstić information content (AvgIpc) is 3.06. The Morgan fingerprint density at radius 3 is 1.77 bits per heavy atom. The van der Waals surface area contributed by atoms with Crippen molar-refractivity contribution in [2.24, 2.45) is 5.73 Å². The van der Waals surface area contributed by atoms with Gasteiger partial charge in [0.05, 0.1) is 37.9 Å². The number of hydrogen-bond acceptors (Lipinski definition) is 7. The molecule has 0 saturated heterocycles. The van der Waals surface area contributed by atoms with Crippen LogP contribution in [0.2, 0.25) is 0 Å². The van der Waals surface area contributed by atoms with Crippen molar-refractivity contribution in [3.05, 3.63) is 48.6 Å². The Hall–Kier alpha value is -1.58. The van der Waals surface area contributed by atoms with Crippen molar-refractivity contribution in [2.75, 3.05) is 19.8 Å². The summed E-state index contributed by atoms with van der Waals surface area (Å²) in [7, 11) is -4.41. The Morgan fingerprint density at radius 2 is 1.19 bits per heavy atom. The number of amides is 1. The van der Waals surface area contributed by atoms with Gasteiger partial charge in [-0.3, -0.25) is 13.8 Å². The quantitative estimate of drug-likeness (QED) is 0.0254. The minimum Gasteiger partial charge on any atom is -0.393 e. The molecular formula is C38H71N2O7P. The lowest BCUT2D eigenvalue weighted by Crippen LogP contribution is -2.46. The number of unbranched alkanes of at least 4 members (excludes halogenated alkanes) is 14. The van der Waals surface area contributed by atoms with Gasteiger partial charge in [0.25, 0.3) is 0 Å². The van der Waals surface area contributed by atoms with Crippen LogP contribution in [0.15, 0.2) is 48.6 Å². The zero-order valence-corrected chi connectivity index (χ0v) is 31.2. The molecule has 0 aromatic heterocycles. The molecule has 0 aromatic carbocycles. The maximum absolute atomic E-state index is 12.7. The van der Waals surface area contributed by atoms with E-state index in [0.29, 0.717) is 12.8 Å². The molecule has 0 fully saturated rings. The molecule has 0 rings (SSSR count). The summed E-state index contributed by atoms with van der Waals surface area (Å²) in [6, 6.07) is -1.01. The van der Waals surface area contributed by atoms with Crippen LogP contribution in [-0.4, -0.2) is 59.0 Å². The molecular weight excluding hydrogens is 627 g/mol. The van der Waals surface area contributed by atoms with E-state index in [-0.39, 0.29) is 19.6 Å². The summed E-state index contributed by atoms with van der Waals surface area (Å²) in [5, 5.41) is 23.9. The first kappa shape index (κ1) is 46.4. The Balaban J connectivity index is 4.54. The van der Waals surface area contributed by atoms with Gasteiger partial charge in [0.1, 0.15) is 0 Å². The number of carbonyl (C=O) groups is 1. The number of phosphoric acid groups is 1. The summed E-state index contributed by atoms with van der Waals surface area (Å²) >= 11 is 0. The summed E-state index contributed by atoms with van der Waals surface area (Å²) in [6.45, 7) is 3.86. The van der Waals surface area contributed by atoms with Crippen molar-refractivity contribution in [3.63, 3.8) is 0 Å². The highest BCUT2D eigenvalue weighted by Crippen LogP contribution is 2.43. The summed E-state index contributed by atoms with van der Waals surface area (Å²) < 4.78 is 21.9. The van der Waals surface area contributed by atoms with Gasteiger partial charge in [-0.2, -0.15) is 0 Å². The number of allylic oxidation sites excluding steroid dienone is 7. The van der Waals surface area contributed by atoms with Crippen molar-refractivity contribution >= 4 is 13.7 Å². The van der Waals surface area contributed by atoms with E-state index >= 15 is 0 Å². The lowest BCUT2D eigenvalue weighted by atomic mass is 10.0. The Bertz CT molecular complexity index is 909. The molecule has 280 valence electrons. The summed E-state index contributed by atoms with van der Waals surface area (Å²) in [5.41, 5.74) is 5.34. The highest BCUT2D eigenvalue weighted by atomic mass is 31.2. The van der Waals surface area contributed by atoms with Crippen LogP contribution in [0.25, 0.3) is 0 Å². The molecule has 0 saturated carbocycles. The number of hydrogen-bond donors (Lipinski definition) is 5. The maximum atomic E-state index is 12.7. The largest absolute Gasteiger partial charge is 0.472 e. The van der Waals surface area contributed by atoms with Crippen LogP contribution in [0, 0.1) is 0 Å². The van der Waals surface area contributed by atoms with Crippen molar-refractivity contribution in [1.29, 1.82) is 0 Å². The number of carbonyl (C=O) groups excluding carboxylic acids is 1. The first-order valence-electron chi connectivity index (χ1n) is 18.8. The molecule has 0 aromatic rings. The zero-order chi connectivity index (χ0) is 35.6. The molecule has 0 heterocycles. The van der Waals surface area contributed by atoms with Gasteiger partial charge < -0.3 is 26.2 Å². The number of aliphatic hydroxyl groups excluding tert-OH is 2. The van der Waals surface area contributed by atoms with E-state index in [2.05, 4.69) is 55.6 Å². The third-order valence-electron chi connectivity index (χ3n) is 7.91. The molecule has 0 aliphatic rings. The second kappa shape index (κ2) is 33.9. The van der Waals surface area contributed by atoms with Crippen molar-refractivity contribution in [1.82, 2.24) is 5.32 Å². The Kier molecular flexibility index (Phi) is 32.8. The number of aliphatic hydroxyl groups is 2. The van der Waals surface area contributed by atoms with Crippen LogP contribution < -0.4 is 11.1 Å². The maximum Gasteiger partial charge on any atom is 0.472 e. The molecule has 9 nitrogen and oxygen atoms in total. The van der Waals surface area contributed by atoms with Gasteiger partial charge in [0.2, 0.25) is 5.91 Å². The topological polar surface area (TPSA) is 151 Å². The monoisotopic (exact) mass is 698 g/mol. The van der Waals surface area contributed by atoms with Gasteiger partial charge in [0, 0.05) is 6.54 Å². The molecule has 0 spiro atoms. The predicted molar refractivity (Wildman–Crippen MR) is 200 cm³/mol. The Morgan fingerprint density at radius 1 is 0.708 bits per heavy atom. The molecule has 0 aliphatic heterocycles. The van der Waals surface area contributed by atoms with Gasteiger partial charge >= 0.3 is 7.82 Å². The fraction of sp³-hybridized carbons (Fsp3) is 0.763. The van der Waals surface area contributed by atoms with E-state index in [9.17, 15) is 24.5 Å².